The predicted molar refractivity (Wildman–Crippen MR) is 107 cm³/mol. The summed E-state index contributed by atoms with van der Waals surface area (Å²) in [5.74, 6) is 1.89. The zero-order valence-corrected chi connectivity index (χ0v) is 15.1. The van der Waals surface area contributed by atoms with Crippen LogP contribution < -0.4 is 20.5 Å². The molecule has 0 aliphatic carbocycles. The highest BCUT2D eigenvalue weighted by Gasteiger charge is 2.00. The van der Waals surface area contributed by atoms with Crippen molar-refractivity contribution in [2.45, 2.75) is 13.2 Å². The Hall–Kier alpha value is -3.54. The molecule has 0 radical (unpaired) electrons. The number of hydrogen-bond donors (Lipinski definition) is 2. The first kappa shape index (κ1) is 18.3. The van der Waals surface area contributed by atoms with E-state index in [2.05, 4.69) is 15.3 Å². The van der Waals surface area contributed by atoms with Crippen molar-refractivity contribution in [2.75, 3.05) is 12.4 Å². The van der Waals surface area contributed by atoms with Crippen molar-refractivity contribution < 1.29 is 9.47 Å². The van der Waals surface area contributed by atoms with Gasteiger partial charge in [-0.05, 0) is 42.0 Å². The fourth-order valence-electron chi connectivity index (χ4n) is 2.40. The highest BCUT2D eigenvalue weighted by Crippen LogP contribution is 2.17. The summed E-state index contributed by atoms with van der Waals surface area (Å²) in [6.45, 7) is 0.916. The summed E-state index contributed by atoms with van der Waals surface area (Å²) in [6, 6.07) is 21.0. The predicted octanol–water partition coefficient (Wildman–Crippen LogP) is 3.60. The number of anilines is 1. The average molecular weight is 362 g/mol. The number of nitrogens with one attached hydrogen (secondary N) is 1. The minimum Gasteiger partial charge on any atom is -0.497 e. The molecule has 6 nitrogen and oxygen atoms in total. The molecule has 3 aromatic rings. The van der Waals surface area contributed by atoms with E-state index in [0.29, 0.717) is 19.1 Å². The van der Waals surface area contributed by atoms with Crippen molar-refractivity contribution in [3.63, 3.8) is 0 Å². The number of aliphatic imine (C=N–C) groups is 1. The van der Waals surface area contributed by atoms with E-state index in [4.69, 9.17) is 15.2 Å². The second kappa shape index (κ2) is 9.24. The van der Waals surface area contributed by atoms with Gasteiger partial charge >= 0.3 is 0 Å². The summed E-state index contributed by atoms with van der Waals surface area (Å²) in [4.78, 5) is 8.59. The Kier molecular flexibility index (Phi) is 6.25. The number of pyridine rings is 1. The number of guanidine groups is 1. The van der Waals surface area contributed by atoms with Gasteiger partial charge in [0.1, 0.15) is 18.1 Å². The van der Waals surface area contributed by atoms with Crippen LogP contribution in [0.5, 0.6) is 11.5 Å². The van der Waals surface area contributed by atoms with Crippen molar-refractivity contribution in [1.29, 1.82) is 0 Å². The molecule has 27 heavy (non-hydrogen) atoms. The third-order valence-corrected chi connectivity index (χ3v) is 3.81. The molecule has 0 aliphatic rings. The summed E-state index contributed by atoms with van der Waals surface area (Å²) in [5.41, 5.74) is 8.71. The Balaban J connectivity index is 1.52. The number of aromatic nitrogens is 1. The number of ether oxygens (including phenoxy) is 2. The average Bonchev–Trinajstić information content (AvgIpc) is 2.72. The Bertz CT molecular complexity index is 880. The molecule has 1 aromatic heterocycles. The van der Waals surface area contributed by atoms with Crippen LogP contribution in [0.25, 0.3) is 0 Å². The third-order valence-electron chi connectivity index (χ3n) is 3.81. The van der Waals surface area contributed by atoms with Gasteiger partial charge in [0, 0.05) is 18.0 Å². The fourth-order valence-corrected chi connectivity index (χ4v) is 2.40. The van der Waals surface area contributed by atoms with Gasteiger partial charge in [-0.25, -0.2) is 4.99 Å². The molecule has 3 rings (SSSR count). The second-order valence-electron chi connectivity index (χ2n) is 5.81. The van der Waals surface area contributed by atoms with Crippen molar-refractivity contribution in [1.82, 2.24) is 4.98 Å². The van der Waals surface area contributed by atoms with E-state index in [1.54, 1.807) is 13.3 Å². The maximum absolute atomic E-state index is 5.95. The third kappa shape index (κ3) is 5.74. The molecule has 138 valence electrons. The van der Waals surface area contributed by atoms with Gasteiger partial charge in [0.2, 0.25) is 0 Å². The molecule has 0 spiro atoms. The summed E-state index contributed by atoms with van der Waals surface area (Å²) >= 11 is 0. The minimum absolute atomic E-state index is 0.346. The Labute approximate surface area is 158 Å². The largest absolute Gasteiger partial charge is 0.497 e. The van der Waals surface area contributed by atoms with Gasteiger partial charge < -0.3 is 20.5 Å². The van der Waals surface area contributed by atoms with Crippen molar-refractivity contribution in [2.24, 2.45) is 10.7 Å². The van der Waals surface area contributed by atoms with Gasteiger partial charge in [0.15, 0.2) is 5.96 Å². The van der Waals surface area contributed by atoms with Crippen molar-refractivity contribution in [3.05, 3.63) is 84.2 Å². The van der Waals surface area contributed by atoms with Crippen LogP contribution in [0.15, 0.2) is 77.9 Å². The molecular formula is C21H22N4O2. The maximum atomic E-state index is 5.95. The maximum Gasteiger partial charge on any atom is 0.193 e. The lowest BCUT2D eigenvalue weighted by atomic mass is 10.2. The number of rotatable bonds is 7. The molecule has 6 heteroatoms. The topological polar surface area (TPSA) is 81.8 Å². The van der Waals surface area contributed by atoms with Gasteiger partial charge in [-0.3, -0.25) is 4.98 Å². The monoisotopic (exact) mass is 362 g/mol. The number of nitrogens with zero attached hydrogens (tertiary/aromatic N) is 2. The zero-order valence-electron chi connectivity index (χ0n) is 15.1. The summed E-state index contributed by atoms with van der Waals surface area (Å²) in [6.07, 6.45) is 1.75. The first-order valence-corrected chi connectivity index (χ1v) is 8.55. The molecule has 0 saturated heterocycles. The van der Waals surface area contributed by atoms with Crippen LogP contribution >= 0.6 is 0 Å². The standard InChI is InChI=1S/C21H22N4O2/c1-26-20-7-4-6-17(13-20)25-21(22)24-14-16-8-10-19(11-9-16)27-15-18-5-2-3-12-23-18/h2-13H,14-15H2,1H3,(H3,22,24,25). The minimum atomic E-state index is 0.346. The molecule has 0 amide bonds. The Morgan fingerprint density at radius 3 is 2.63 bits per heavy atom. The Morgan fingerprint density at radius 1 is 1.04 bits per heavy atom. The van der Waals surface area contributed by atoms with E-state index >= 15 is 0 Å². The molecule has 3 N–H and O–H groups in total. The molecular weight excluding hydrogens is 340 g/mol. The number of benzene rings is 2. The smallest absolute Gasteiger partial charge is 0.193 e. The van der Waals surface area contributed by atoms with Gasteiger partial charge in [0.05, 0.1) is 19.3 Å². The second-order valence-corrected chi connectivity index (χ2v) is 5.81. The summed E-state index contributed by atoms with van der Waals surface area (Å²) < 4.78 is 10.9. The quantitative estimate of drug-likeness (QED) is 0.496. The molecule has 0 atom stereocenters. The van der Waals surface area contributed by atoms with Gasteiger partial charge in [-0.2, -0.15) is 0 Å². The van der Waals surface area contributed by atoms with E-state index in [0.717, 1.165) is 28.4 Å². The molecule has 0 saturated carbocycles. The normalized spacial score (nSPS) is 11.1. The Morgan fingerprint density at radius 2 is 1.89 bits per heavy atom. The van der Waals surface area contributed by atoms with Crippen molar-refractivity contribution >= 4 is 11.6 Å². The van der Waals surface area contributed by atoms with Gasteiger partial charge in [-0.15, -0.1) is 0 Å². The van der Waals surface area contributed by atoms with Crippen LogP contribution in [0.2, 0.25) is 0 Å². The van der Waals surface area contributed by atoms with E-state index in [-0.39, 0.29) is 0 Å². The molecule has 0 unspecified atom stereocenters. The summed E-state index contributed by atoms with van der Waals surface area (Å²) in [5, 5.41) is 3.05. The van der Waals surface area contributed by atoms with Crippen LogP contribution in [-0.2, 0) is 13.2 Å². The van der Waals surface area contributed by atoms with Crippen molar-refractivity contribution in [3.8, 4) is 11.5 Å². The molecule has 0 aliphatic heterocycles. The van der Waals surface area contributed by atoms with Crippen LogP contribution in [0.1, 0.15) is 11.3 Å². The van der Waals surface area contributed by atoms with E-state index in [1.165, 1.54) is 0 Å². The highest BCUT2D eigenvalue weighted by molar-refractivity contribution is 5.92. The van der Waals surface area contributed by atoms with E-state index < -0.39 is 0 Å². The van der Waals surface area contributed by atoms with Crippen LogP contribution in [0, 0.1) is 0 Å². The number of nitrogens with two attached hydrogens (primary N) is 1. The lowest BCUT2D eigenvalue weighted by molar-refractivity contribution is 0.301. The van der Waals surface area contributed by atoms with E-state index in [9.17, 15) is 0 Å². The number of methoxy groups -OCH3 is 1. The summed E-state index contributed by atoms with van der Waals surface area (Å²) in [7, 11) is 1.63. The van der Waals surface area contributed by atoms with Gasteiger partial charge in [0.25, 0.3) is 0 Å². The first-order valence-electron chi connectivity index (χ1n) is 8.55. The molecule has 2 aromatic carbocycles. The first-order chi connectivity index (χ1) is 13.2. The van der Waals surface area contributed by atoms with Crippen LogP contribution in [-0.4, -0.2) is 18.1 Å². The fraction of sp³-hybridized carbons (Fsp3) is 0.143. The molecule has 1 heterocycles. The zero-order chi connectivity index (χ0) is 18.9. The van der Waals surface area contributed by atoms with Gasteiger partial charge in [-0.1, -0.05) is 24.3 Å². The van der Waals surface area contributed by atoms with E-state index in [1.807, 2.05) is 66.7 Å². The van der Waals surface area contributed by atoms with Crippen LogP contribution in [0.4, 0.5) is 5.69 Å². The highest BCUT2D eigenvalue weighted by atomic mass is 16.5. The molecule has 0 fully saturated rings. The lowest BCUT2D eigenvalue weighted by Crippen LogP contribution is -2.22. The lowest BCUT2D eigenvalue weighted by Gasteiger charge is -2.08. The van der Waals surface area contributed by atoms with Crippen LogP contribution in [0.3, 0.4) is 0 Å². The number of hydrogen-bond acceptors (Lipinski definition) is 4. The molecule has 0 bridgehead atoms. The SMILES string of the molecule is COc1cccc(NC(N)=NCc2ccc(OCc3ccccn3)cc2)c1.